The zero-order valence-corrected chi connectivity index (χ0v) is 15.8. The molecule has 2 unspecified atom stereocenters. The molecule has 27 heavy (non-hydrogen) atoms. The van der Waals surface area contributed by atoms with E-state index in [-0.39, 0.29) is 23.7 Å². The Hall–Kier alpha value is -2.30. The summed E-state index contributed by atoms with van der Waals surface area (Å²) in [6, 6.07) is 8.50. The SMILES string of the molecule is O=C(NCCc1c[nH]c2ccccc12)C1CC1C(=O)NC1CCCCCC1. The van der Waals surface area contributed by atoms with Gasteiger partial charge in [-0.3, -0.25) is 9.59 Å². The molecule has 5 heteroatoms. The highest BCUT2D eigenvalue weighted by Crippen LogP contribution is 2.39. The molecule has 2 saturated carbocycles. The van der Waals surface area contributed by atoms with Crippen LogP contribution in [0.2, 0.25) is 0 Å². The van der Waals surface area contributed by atoms with E-state index in [1.165, 1.54) is 36.6 Å². The highest BCUT2D eigenvalue weighted by Gasteiger charge is 2.48. The molecule has 5 nitrogen and oxygen atoms in total. The van der Waals surface area contributed by atoms with Crippen LogP contribution in [0.25, 0.3) is 10.9 Å². The Morgan fingerprint density at radius 1 is 1.00 bits per heavy atom. The zero-order chi connectivity index (χ0) is 18.6. The summed E-state index contributed by atoms with van der Waals surface area (Å²) in [7, 11) is 0. The lowest BCUT2D eigenvalue weighted by atomic mass is 10.1. The minimum atomic E-state index is -0.140. The molecule has 0 saturated heterocycles. The van der Waals surface area contributed by atoms with Crippen molar-refractivity contribution in [1.82, 2.24) is 15.6 Å². The van der Waals surface area contributed by atoms with Crippen LogP contribution in [0.3, 0.4) is 0 Å². The molecule has 1 heterocycles. The van der Waals surface area contributed by atoms with Gasteiger partial charge < -0.3 is 15.6 Å². The maximum absolute atomic E-state index is 12.4. The first-order chi connectivity index (χ1) is 13.2. The number of hydrogen-bond acceptors (Lipinski definition) is 2. The molecule has 0 radical (unpaired) electrons. The molecule has 2 fully saturated rings. The number of benzene rings is 1. The predicted octanol–water partition coefficient (Wildman–Crippen LogP) is 3.30. The van der Waals surface area contributed by atoms with Crippen LogP contribution >= 0.6 is 0 Å². The number of aromatic amines is 1. The van der Waals surface area contributed by atoms with E-state index < -0.39 is 0 Å². The van der Waals surface area contributed by atoms with Gasteiger partial charge in [0.15, 0.2) is 0 Å². The minimum Gasteiger partial charge on any atom is -0.361 e. The molecule has 2 atom stereocenters. The van der Waals surface area contributed by atoms with Gasteiger partial charge in [-0.15, -0.1) is 0 Å². The zero-order valence-electron chi connectivity index (χ0n) is 15.8. The van der Waals surface area contributed by atoms with Crippen LogP contribution in [0.5, 0.6) is 0 Å². The standard InChI is InChI=1S/C22H29N3O2/c26-21(23-12-11-15-14-24-20-10-6-5-9-17(15)20)18-13-19(18)22(27)25-16-7-3-1-2-4-8-16/h5-6,9-10,14,16,18-19,24H,1-4,7-8,11-13H2,(H,23,26)(H,25,27). The third-order valence-electron chi connectivity index (χ3n) is 6.03. The number of H-pyrrole nitrogens is 1. The number of aromatic nitrogens is 1. The maximum Gasteiger partial charge on any atom is 0.224 e. The number of hydrogen-bond donors (Lipinski definition) is 3. The summed E-state index contributed by atoms with van der Waals surface area (Å²) in [5.74, 6) is -0.158. The van der Waals surface area contributed by atoms with Crippen molar-refractivity contribution >= 4 is 22.7 Å². The van der Waals surface area contributed by atoms with E-state index >= 15 is 0 Å². The quantitative estimate of drug-likeness (QED) is 0.685. The first kappa shape index (κ1) is 18.1. The lowest BCUT2D eigenvalue weighted by molar-refractivity contribution is -0.127. The molecule has 1 aromatic heterocycles. The van der Waals surface area contributed by atoms with Crippen molar-refractivity contribution < 1.29 is 9.59 Å². The van der Waals surface area contributed by atoms with E-state index in [1.54, 1.807) is 0 Å². The Labute approximate surface area is 160 Å². The summed E-state index contributed by atoms with van der Waals surface area (Å²) >= 11 is 0. The van der Waals surface area contributed by atoms with Crippen molar-refractivity contribution in [3.05, 3.63) is 36.0 Å². The monoisotopic (exact) mass is 367 g/mol. The molecule has 144 valence electrons. The normalized spacial score (nSPS) is 23.0. The van der Waals surface area contributed by atoms with E-state index in [0.29, 0.717) is 19.0 Å². The Bertz CT molecular complexity index is 805. The van der Waals surface area contributed by atoms with Crippen molar-refractivity contribution in [2.75, 3.05) is 6.54 Å². The van der Waals surface area contributed by atoms with Crippen LogP contribution in [0.4, 0.5) is 0 Å². The third kappa shape index (κ3) is 4.34. The molecule has 1 aromatic carbocycles. The molecule has 2 aliphatic carbocycles. The summed E-state index contributed by atoms with van der Waals surface area (Å²) in [5.41, 5.74) is 2.33. The first-order valence-corrected chi connectivity index (χ1v) is 10.4. The Kier molecular flexibility index (Phi) is 5.46. The van der Waals surface area contributed by atoms with Crippen LogP contribution in [-0.4, -0.2) is 29.4 Å². The molecule has 0 bridgehead atoms. The molecule has 4 rings (SSSR count). The average Bonchev–Trinajstić information content (AvgIpc) is 3.43. The number of amides is 2. The van der Waals surface area contributed by atoms with Gasteiger partial charge in [0.1, 0.15) is 0 Å². The Morgan fingerprint density at radius 3 is 2.56 bits per heavy atom. The van der Waals surface area contributed by atoms with Crippen molar-refractivity contribution in [1.29, 1.82) is 0 Å². The van der Waals surface area contributed by atoms with E-state index in [2.05, 4.69) is 27.8 Å². The van der Waals surface area contributed by atoms with E-state index in [1.807, 2.05) is 18.3 Å². The van der Waals surface area contributed by atoms with E-state index in [9.17, 15) is 9.59 Å². The largest absolute Gasteiger partial charge is 0.361 e. The Balaban J connectivity index is 1.21. The second-order valence-corrected chi connectivity index (χ2v) is 8.05. The summed E-state index contributed by atoms with van der Waals surface area (Å²) in [6.45, 7) is 0.605. The van der Waals surface area contributed by atoms with Gasteiger partial charge in [-0.25, -0.2) is 0 Å². The number of para-hydroxylation sites is 1. The highest BCUT2D eigenvalue weighted by atomic mass is 16.2. The number of nitrogens with one attached hydrogen (secondary N) is 3. The Morgan fingerprint density at radius 2 is 1.74 bits per heavy atom. The van der Waals surface area contributed by atoms with Crippen molar-refractivity contribution in [3.63, 3.8) is 0 Å². The highest BCUT2D eigenvalue weighted by molar-refractivity contribution is 5.92. The van der Waals surface area contributed by atoms with Crippen molar-refractivity contribution in [2.45, 2.75) is 57.4 Å². The summed E-state index contributed by atoms with van der Waals surface area (Å²) < 4.78 is 0. The summed E-state index contributed by atoms with van der Waals surface area (Å²) in [5, 5.41) is 7.40. The van der Waals surface area contributed by atoms with Crippen LogP contribution < -0.4 is 10.6 Å². The number of carbonyl (C=O) groups excluding carboxylic acids is 2. The fraction of sp³-hybridized carbons (Fsp3) is 0.545. The summed E-state index contributed by atoms with van der Waals surface area (Å²) in [6.07, 6.45) is 10.6. The fourth-order valence-corrected chi connectivity index (χ4v) is 4.30. The predicted molar refractivity (Wildman–Crippen MR) is 106 cm³/mol. The van der Waals surface area contributed by atoms with Gasteiger partial charge >= 0.3 is 0 Å². The van der Waals surface area contributed by atoms with Gasteiger partial charge in [0, 0.05) is 29.7 Å². The minimum absolute atomic E-state index is 0.0239. The van der Waals surface area contributed by atoms with Gasteiger partial charge in [-0.05, 0) is 37.3 Å². The topological polar surface area (TPSA) is 74.0 Å². The van der Waals surface area contributed by atoms with Gasteiger partial charge in [-0.2, -0.15) is 0 Å². The van der Waals surface area contributed by atoms with Crippen LogP contribution in [0.1, 0.15) is 50.5 Å². The van der Waals surface area contributed by atoms with Gasteiger partial charge in [0.05, 0.1) is 11.8 Å². The van der Waals surface area contributed by atoms with Gasteiger partial charge in [0.2, 0.25) is 11.8 Å². The lowest BCUT2D eigenvalue weighted by Gasteiger charge is -2.16. The molecule has 2 aliphatic rings. The smallest absolute Gasteiger partial charge is 0.224 e. The second kappa shape index (κ2) is 8.15. The van der Waals surface area contributed by atoms with Crippen LogP contribution in [0, 0.1) is 11.8 Å². The average molecular weight is 367 g/mol. The molecule has 0 spiro atoms. The fourth-order valence-electron chi connectivity index (χ4n) is 4.30. The molecule has 0 aliphatic heterocycles. The van der Waals surface area contributed by atoms with Crippen LogP contribution in [-0.2, 0) is 16.0 Å². The van der Waals surface area contributed by atoms with Crippen molar-refractivity contribution in [2.24, 2.45) is 11.8 Å². The third-order valence-corrected chi connectivity index (χ3v) is 6.03. The molecule has 3 N–H and O–H groups in total. The number of rotatable bonds is 6. The second-order valence-electron chi connectivity index (χ2n) is 8.05. The van der Waals surface area contributed by atoms with Crippen molar-refractivity contribution in [3.8, 4) is 0 Å². The van der Waals surface area contributed by atoms with E-state index in [0.717, 1.165) is 24.8 Å². The lowest BCUT2D eigenvalue weighted by Crippen LogP contribution is -2.37. The van der Waals surface area contributed by atoms with Crippen LogP contribution in [0.15, 0.2) is 30.5 Å². The summed E-state index contributed by atoms with van der Waals surface area (Å²) in [4.78, 5) is 28.0. The van der Waals surface area contributed by atoms with Gasteiger partial charge in [-0.1, -0.05) is 43.9 Å². The molecular weight excluding hydrogens is 338 g/mol. The van der Waals surface area contributed by atoms with E-state index in [4.69, 9.17) is 0 Å². The first-order valence-electron chi connectivity index (χ1n) is 10.4. The number of carbonyl (C=O) groups is 2. The molecule has 2 amide bonds. The molecule has 2 aromatic rings. The molecular formula is C22H29N3O2. The number of fused-ring (bicyclic) bond motifs is 1. The maximum atomic E-state index is 12.4. The van der Waals surface area contributed by atoms with Gasteiger partial charge in [0.25, 0.3) is 0 Å².